The lowest BCUT2D eigenvalue weighted by Crippen LogP contribution is -2.17. The van der Waals surface area contributed by atoms with Crippen LogP contribution in [0.1, 0.15) is 5.56 Å². The first-order valence-corrected chi connectivity index (χ1v) is 7.32. The zero-order valence-electron chi connectivity index (χ0n) is 11.3. The lowest BCUT2D eigenvalue weighted by molar-refractivity contribution is -0.274. The molecule has 0 aliphatic rings. The highest BCUT2D eigenvalue weighted by Gasteiger charge is 2.31. The number of benzene rings is 2. The molecule has 118 valence electrons. The summed E-state index contributed by atoms with van der Waals surface area (Å²) in [5.41, 5.74) is 1.01. The van der Waals surface area contributed by atoms with Gasteiger partial charge in [0.15, 0.2) is 6.79 Å². The molecular weight excluding hydrogens is 412 g/mol. The summed E-state index contributed by atoms with van der Waals surface area (Å²) in [5, 5.41) is 0. The van der Waals surface area contributed by atoms with Crippen molar-refractivity contribution in [2.45, 2.75) is 13.0 Å². The molecule has 0 aromatic heterocycles. The number of halogens is 4. The topological polar surface area (TPSA) is 27.7 Å². The Hall–Kier alpha value is -1.48. The molecule has 0 heterocycles. The Labute approximate surface area is 139 Å². The Morgan fingerprint density at radius 1 is 1.00 bits per heavy atom. The standard InChI is InChI=1S/C15H12F3IO3/c16-15(17,18)22-12-6-7-14(13(19)8-12)21-10-20-9-11-4-2-1-3-5-11/h1-8H,9-10H2. The van der Waals surface area contributed by atoms with Crippen LogP contribution >= 0.6 is 22.6 Å². The summed E-state index contributed by atoms with van der Waals surface area (Å²) in [7, 11) is 0. The van der Waals surface area contributed by atoms with Crippen molar-refractivity contribution < 1.29 is 27.4 Å². The van der Waals surface area contributed by atoms with Crippen molar-refractivity contribution in [3.05, 3.63) is 57.7 Å². The summed E-state index contributed by atoms with van der Waals surface area (Å²) in [6.45, 7) is 0.400. The van der Waals surface area contributed by atoms with Crippen LogP contribution in [0.3, 0.4) is 0 Å². The van der Waals surface area contributed by atoms with E-state index in [0.29, 0.717) is 15.9 Å². The molecule has 0 amide bonds. The van der Waals surface area contributed by atoms with E-state index in [1.54, 1.807) is 0 Å². The fourth-order valence-corrected chi connectivity index (χ4v) is 2.28. The van der Waals surface area contributed by atoms with Crippen molar-refractivity contribution in [1.29, 1.82) is 0 Å². The van der Waals surface area contributed by atoms with Crippen molar-refractivity contribution >= 4 is 22.6 Å². The summed E-state index contributed by atoms with van der Waals surface area (Å²) in [4.78, 5) is 0. The first kappa shape index (κ1) is 16.9. The average Bonchev–Trinajstić information content (AvgIpc) is 2.45. The second-order valence-electron chi connectivity index (χ2n) is 4.24. The van der Waals surface area contributed by atoms with Crippen LogP contribution in [0.2, 0.25) is 0 Å². The van der Waals surface area contributed by atoms with Gasteiger partial charge in [-0.15, -0.1) is 13.2 Å². The summed E-state index contributed by atoms with van der Waals surface area (Å²) in [5.74, 6) is 0.151. The van der Waals surface area contributed by atoms with Crippen LogP contribution < -0.4 is 9.47 Å². The van der Waals surface area contributed by atoms with Gasteiger partial charge in [-0.05, 0) is 46.4 Å². The van der Waals surface area contributed by atoms with Gasteiger partial charge in [0.25, 0.3) is 0 Å². The third-order valence-corrected chi connectivity index (χ3v) is 3.39. The number of ether oxygens (including phenoxy) is 3. The van der Waals surface area contributed by atoms with Gasteiger partial charge in [0.1, 0.15) is 11.5 Å². The van der Waals surface area contributed by atoms with Crippen LogP contribution in [0.5, 0.6) is 11.5 Å². The first-order chi connectivity index (χ1) is 10.4. The van der Waals surface area contributed by atoms with Crippen LogP contribution in [0.25, 0.3) is 0 Å². The number of hydrogen-bond acceptors (Lipinski definition) is 3. The van der Waals surface area contributed by atoms with E-state index < -0.39 is 6.36 Å². The maximum absolute atomic E-state index is 12.1. The molecule has 3 nitrogen and oxygen atoms in total. The van der Waals surface area contributed by atoms with Gasteiger partial charge in [0.2, 0.25) is 0 Å². The van der Waals surface area contributed by atoms with Crippen molar-refractivity contribution in [3.8, 4) is 11.5 Å². The Kier molecular flexibility index (Phi) is 5.90. The Morgan fingerprint density at radius 3 is 2.36 bits per heavy atom. The van der Waals surface area contributed by atoms with Gasteiger partial charge in [-0.1, -0.05) is 30.3 Å². The van der Waals surface area contributed by atoms with Crippen LogP contribution in [-0.4, -0.2) is 13.2 Å². The van der Waals surface area contributed by atoms with Gasteiger partial charge in [0, 0.05) is 0 Å². The predicted octanol–water partition coefficient (Wildman–Crippen LogP) is 4.74. The second-order valence-corrected chi connectivity index (χ2v) is 5.40. The van der Waals surface area contributed by atoms with Crippen LogP contribution in [0.15, 0.2) is 48.5 Å². The SMILES string of the molecule is FC(F)(F)Oc1ccc(OCOCc2ccccc2)c(I)c1. The molecular formula is C15H12F3IO3. The van der Waals surface area contributed by atoms with E-state index >= 15 is 0 Å². The molecule has 2 aromatic rings. The lowest BCUT2D eigenvalue weighted by Gasteiger charge is -2.12. The predicted molar refractivity (Wildman–Crippen MR) is 82.6 cm³/mol. The quantitative estimate of drug-likeness (QED) is 0.381. The van der Waals surface area contributed by atoms with Gasteiger partial charge in [-0.3, -0.25) is 0 Å². The lowest BCUT2D eigenvalue weighted by atomic mass is 10.2. The molecule has 0 atom stereocenters. The largest absolute Gasteiger partial charge is 0.573 e. The van der Waals surface area contributed by atoms with Gasteiger partial charge in [-0.2, -0.15) is 0 Å². The molecule has 0 spiro atoms. The van der Waals surface area contributed by atoms with E-state index in [-0.39, 0.29) is 12.5 Å². The number of hydrogen-bond donors (Lipinski definition) is 0. The van der Waals surface area contributed by atoms with E-state index in [1.165, 1.54) is 18.2 Å². The molecule has 2 aromatic carbocycles. The molecule has 0 radical (unpaired) electrons. The van der Waals surface area contributed by atoms with E-state index in [4.69, 9.17) is 9.47 Å². The Morgan fingerprint density at radius 2 is 1.73 bits per heavy atom. The number of rotatable bonds is 6. The van der Waals surface area contributed by atoms with Crippen molar-refractivity contribution in [3.63, 3.8) is 0 Å². The third kappa shape index (κ3) is 5.72. The Bertz CT molecular complexity index is 603. The van der Waals surface area contributed by atoms with Crippen molar-refractivity contribution in [2.75, 3.05) is 6.79 Å². The van der Waals surface area contributed by atoms with Gasteiger partial charge in [-0.25, -0.2) is 0 Å². The maximum Gasteiger partial charge on any atom is 0.573 e. The minimum absolute atomic E-state index is 0.00434. The van der Waals surface area contributed by atoms with Crippen molar-refractivity contribution in [2.24, 2.45) is 0 Å². The summed E-state index contributed by atoms with van der Waals surface area (Å²) in [6, 6.07) is 13.4. The third-order valence-electron chi connectivity index (χ3n) is 2.55. The first-order valence-electron chi connectivity index (χ1n) is 6.24. The summed E-state index contributed by atoms with van der Waals surface area (Å²) < 4.78 is 51.4. The fourth-order valence-electron chi connectivity index (χ4n) is 1.63. The average molecular weight is 424 g/mol. The molecule has 0 saturated heterocycles. The van der Waals surface area contributed by atoms with Crippen LogP contribution in [-0.2, 0) is 11.3 Å². The smallest absolute Gasteiger partial charge is 0.466 e. The van der Waals surface area contributed by atoms with Gasteiger partial charge >= 0.3 is 6.36 Å². The maximum atomic E-state index is 12.1. The van der Waals surface area contributed by atoms with Crippen LogP contribution in [0, 0.1) is 3.57 Å². The monoisotopic (exact) mass is 424 g/mol. The molecule has 0 aliphatic heterocycles. The van der Waals surface area contributed by atoms with E-state index in [9.17, 15) is 13.2 Å². The highest BCUT2D eigenvalue weighted by molar-refractivity contribution is 14.1. The van der Waals surface area contributed by atoms with Crippen molar-refractivity contribution in [1.82, 2.24) is 0 Å². The molecule has 0 N–H and O–H groups in total. The second kappa shape index (κ2) is 7.68. The zero-order valence-corrected chi connectivity index (χ0v) is 13.4. The molecule has 0 bridgehead atoms. The van der Waals surface area contributed by atoms with E-state index in [1.807, 2.05) is 52.9 Å². The molecule has 0 fully saturated rings. The Balaban J connectivity index is 1.83. The van der Waals surface area contributed by atoms with E-state index in [2.05, 4.69) is 4.74 Å². The molecule has 0 saturated carbocycles. The van der Waals surface area contributed by atoms with Gasteiger partial charge in [0.05, 0.1) is 10.2 Å². The van der Waals surface area contributed by atoms with E-state index in [0.717, 1.165) is 5.56 Å². The van der Waals surface area contributed by atoms with Gasteiger partial charge < -0.3 is 14.2 Å². The zero-order chi connectivity index (χ0) is 16.0. The molecule has 7 heteroatoms. The highest BCUT2D eigenvalue weighted by atomic mass is 127. The summed E-state index contributed by atoms with van der Waals surface area (Å²) in [6.07, 6.45) is -4.70. The molecule has 0 aliphatic carbocycles. The highest BCUT2D eigenvalue weighted by Crippen LogP contribution is 2.29. The molecule has 0 unspecified atom stereocenters. The van der Waals surface area contributed by atoms with Crippen LogP contribution in [0.4, 0.5) is 13.2 Å². The summed E-state index contributed by atoms with van der Waals surface area (Å²) >= 11 is 1.87. The molecule has 2 rings (SSSR count). The fraction of sp³-hybridized carbons (Fsp3) is 0.200. The number of alkyl halides is 3. The normalized spacial score (nSPS) is 11.3. The molecule has 22 heavy (non-hydrogen) atoms. The minimum Gasteiger partial charge on any atom is -0.466 e. The minimum atomic E-state index is -4.70.